The number of carbonyl (C=O) groups is 2. The van der Waals surface area contributed by atoms with Crippen LogP contribution in [0.2, 0.25) is 0 Å². The Bertz CT molecular complexity index is 1670. The summed E-state index contributed by atoms with van der Waals surface area (Å²) in [5.41, 5.74) is -3.32. The fourth-order valence-electron chi connectivity index (χ4n) is 6.74. The predicted molar refractivity (Wildman–Crippen MR) is 157 cm³/mol. The molecule has 2 aromatic carbocycles. The molecule has 6 nitrogen and oxygen atoms in total. The first-order chi connectivity index (χ1) is 21.6. The van der Waals surface area contributed by atoms with Crippen molar-refractivity contribution in [3.63, 3.8) is 0 Å². The van der Waals surface area contributed by atoms with Crippen LogP contribution in [0.25, 0.3) is 11.1 Å². The summed E-state index contributed by atoms with van der Waals surface area (Å²) in [5.74, 6) is -0.986. The van der Waals surface area contributed by atoms with Crippen LogP contribution in [0.3, 0.4) is 0 Å². The molecular weight excluding hydrogens is 617 g/mol. The van der Waals surface area contributed by atoms with Gasteiger partial charge in [-0.3, -0.25) is 19.4 Å². The second kappa shape index (κ2) is 11.4. The highest BCUT2D eigenvalue weighted by molar-refractivity contribution is 6.06. The normalized spacial score (nSPS) is 20.0. The molecule has 244 valence electrons. The molecule has 1 aromatic heterocycles. The highest BCUT2D eigenvalue weighted by atomic mass is 19.4. The number of nitrogens with zero attached hydrogens (tertiary/aromatic N) is 4. The van der Waals surface area contributed by atoms with Gasteiger partial charge in [-0.1, -0.05) is 6.07 Å². The molecule has 0 bridgehead atoms. The molecule has 0 unspecified atom stereocenters. The molecule has 1 saturated carbocycles. The zero-order valence-electron chi connectivity index (χ0n) is 25.1. The summed E-state index contributed by atoms with van der Waals surface area (Å²) < 4.78 is 96.1. The third-order valence-corrected chi connectivity index (χ3v) is 9.41. The van der Waals surface area contributed by atoms with Gasteiger partial charge in [-0.05, 0) is 92.2 Å². The van der Waals surface area contributed by atoms with Crippen LogP contribution in [0.1, 0.15) is 54.4 Å². The topological polar surface area (TPSA) is 56.8 Å². The van der Waals surface area contributed by atoms with Gasteiger partial charge in [0.1, 0.15) is 11.6 Å². The monoisotopic (exact) mass is 648 g/mol. The van der Waals surface area contributed by atoms with Gasteiger partial charge in [0.2, 0.25) is 11.8 Å². The summed E-state index contributed by atoms with van der Waals surface area (Å²) in [5, 5.41) is 0. The van der Waals surface area contributed by atoms with Gasteiger partial charge in [0.05, 0.1) is 28.4 Å². The van der Waals surface area contributed by atoms with Crippen molar-refractivity contribution in [2.24, 2.45) is 0 Å². The smallest absolute Gasteiger partial charge is 0.313 e. The summed E-state index contributed by atoms with van der Waals surface area (Å²) >= 11 is 0. The summed E-state index contributed by atoms with van der Waals surface area (Å²) in [6.45, 7) is 3.61. The number of aryl methyl sites for hydroxylation is 1. The van der Waals surface area contributed by atoms with E-state index in [4.69, 9.17) is 0 Å². The summed E-state index contributed by atoms with van der Waals surface area (Å²) in [6, 6.07) is 7.09. The standard InChI is InChI=1S/C33H31F7N4O2/c1-19-12-23(34)5-6-25(19)26-17-28(44-11-10-43-9-3-4-24(43)16-29(44)45)41-18-27(26)42(2)30(46)31(7-8-31)20-13-21(32(35,36)37)15-22(14-20)33(38,39)40/h5-6,12-15,17-18,24H,3-4,7-11,16H2,1-2H3/t24-/m0/s1. The number of benzene rings is 2. The first-order valence-electron chi connectivity index (χ1n) is 15.0. The Labute approximate surface area is 260 Å². The largest absolute Gasteiger partial charge is 0.416 e. The maximum Gasteiger partial charge on any atom is 0.416 e. The number of alkyl halides is 6. The van der Waals surface area contributed by atoms with E-state index in [0.29, 0.717) is 54.2 Å². The number of fused-ring (bicyclic) bond motifs is 1. The van der Waals surface area contributed by atoms with Gasteiger partial charge in [-0.25, -0.2) is 9.37 Å². The summed E-state index contributed by atoms with van der Waals surface area (Å²) in [4.78, 5) is 36.9. The van der Waals surface area contributed by atoms with Gasteiger partial charge in [0.15, 0.2) is 0 Å². The summed E-state index contributed by atoms with van der Waals surface area (Å²) in [6.07, 6.45) is -6.38. The van der Waals surface area contributed by atoms with E-state index < -0.39 is 40.6 Å². The predicted octanol–water partition coefficient (Wildman–Crippen LogP) is 7.13. The number of carbonyl (C=O) groups excluding carboxylic acids is 2. The highest BCUT2D eigenvalue weighted by Crippen LogP contribution is 2.52. The minimum atomic E-state index is -5.06. The van der Waals surface area contributed by atoms with E-state index in [9.17, 15) is 40.3 Å². The minimum absolute atomic E-state index is 0.0418. The van der Waals surface area contributed by atoms with Crippen LogP contribution in [0, 0.1) is 12.7 Å². The van der Waals surface area contributed by atoms with Crippen LogP contribution in [0.5, 0.6) is 0 Å². The first-order valence-corrected chi connectivity index (χ1v) is 15.0. The van der Waals surface area contributed by atoms with Crippen LogP contribution < -0.4 is 9.80 Å². The molecule has 2 amide bonds. The second-order valence-electron chi connectivity index (χ2n) is 12.3. The van der Waals surface area contributed by atoms with Crippen LogP contribution in [-0.2, 0) is 27.4 Å². The van der Waals surface area contributed by atoms with Crippen molar-refractivity contribution >= 4 is 23.3 Å². The molecule has 3 fully saturated rings. The summed E-state index contributed by atoms with van der Waals surface area (Å²) in [7, 11) is 1.38. The number of hydrogen-bond donors (Lipinski definition) is 0. The van der Waals surface area contributed by atoms with Gasteiger partial charge in [0, 0.05) is 38.2 Å². The van der Waals surface area contributed by atoms with Crippen molar-refractivity contribution in [3.8, 4) is 11.1 Å². The van der Waals surface area contributed by atoms with E-state index >= 15 is 0 Å². The van der Waals surface area contributed by atoms with Crippen molar-refractivity contribution in [2.45, 2.75) is 62.8 Å². The Morgan fingerprint density at radius 3 is 2.22 bits per heavy atom. The van der Waals surface area contributed by atoms with Crippen molar-refractivity contribution in [1.82, 2.24) is 9.88 Å². The maximum absolute atomic E-state index is 14.1. The average molecular weight is 649 g/mol. The molecule has 2 aliphatic heterocycles. The number of aromatic nitrogens is 1. The molecule has 3 aliphatic rings. The molecule has 6 rings (SSSR count). The molecule has 3 heterocycles. The van der Waals surface area contributed by atoms with Crippen LogP contribution in [-0.4, -0.2) is 54.4 Å². The number of hydrogen-bond acceptors (Lipinski definition) is 4. The Morgan fingerprint density at radius 1 is 0.935 bits per heavy atom. The Hall–Kier alpha value is -4.00. The number of pyridine rings is 1. The number of halogens is 7. The number of anilines is 2. The third-order valence-electron chi connectivity index (χ3n) is 9.41. The zero-order chi connectivity index (χ0) is 33.2. The molecule has 46 heavy (non-hydrogen) atoms. The van der Waals surface area contributed by atoms with Crippen LogP contribution in [0.4, 0.5) is 42.2 Å². The van der Waals surface area contributed by atoms with Gasteiger partial charge >= 0.3 is 12.4 Å². The molecule has 0 spiro atoms. The van der Waals surface area contributed by atoms with E-state index in [1.807, 2.05) is 0 Å². The van der Waals surface area contributed by atoms with E-state index in [0.717, 1.165) is 19.4 Å². The number of rotatable bonds is 5. The SMILES string of the molecule is Cc1cc(F)ccc1-c1cc(N2CCN3CCC[C@H]3CC2=O)ncc1N(C)C(=O)C1(c2cc(C(F)(F)F)cc(C(F)(F)F)c2)CC1. The van der Waals surface area contributed by atoms with Crippen molar-refractivity contribution < 1.29 is 40.3 Å². The lowest BCUT2D eigenvalue weighted by Crippen LogP contribution is -2.37. The Morgan fingerprint density at radius 2 is 1.61 bits per heavy atom. The van der Waals surface area contributed by atoms with Gasteiger partial charge in [-0.15, -0.1) is 0 Å². The van der Waals surface area contributed by atoms with E-state index in [1.54, 1.807) is 17.9 Å². The Balaban J connectivity index is 1.41. The molecule has 1 atom stereocenters. The Kier molecular flexibility index (Phi) is 7.89. The lowest BCUT2D eigenvalue weighted by molar-refractivity contribution is -0.143. The second-order valence-corrected chi connectivity index (χ2v) is 12.3. The maximum atomic E-state index is 14.1. The van der Waals surface area contributed by atoms with Crippen molar-refractivity contribution in [1.29, 1.82) is 0 Å². The molecule has 0 radical (unpaired) electrons. The van der Waals surface area contributed by atoms with Gasteiger partial charge < -0.3 is 4.90 Å². The van der Waals surface area contributed by atoms with Gasteiger partial charge in [0.25, 0.3) is 0 Å². The zero-order valence-corrected chi connectivity index (χ0v) is 25.1. The molecule has 0 N–H and O–H groups in total. The van der Waals surface area contributed by atoms with Crippen molar-refractivity contribution in [3.05, 3.63) is 76.7 Å². The fourth-order valence-corrected chi connectivity index (χ4v) is 6.74. The molecular formula is C33H31F7N4O2. The van der Waals surface area contributed by atoms with Crippen LogP contribution >= 0.6 is 0 Å². The molecule has 2 saturated heterocycles. The molecule has 13 heteroatoms. The van der Waals surface area contributed by atoms with E-state index in [-0.39, 0.29) is 42.1 Å². The first kappa shape index (κ1) is 32.0. The van der Waals surface area contributed by atoms with Crippen LogP contribution in [0.15, 0.2) is 48.7 Å². The third kappa shape index (κ3) is 5.85. The van der Waals surface area contributed by atoms with E-state index in [1.165, 1.54) is 36.3 Å². The number of likely N-dealkylation sites (N-methyl/N-ethyl adjacent to an activating group) is 1. The lowest BCUT2D eigenvalue weighted by atomic mass is 9.90. The average Bonchev–Trinajstić information content (AvgIpc) is 3.72. The fraction of sp³-hybridized carbons (Fsp3) is 0.424. The molecule has 1 aliphatic carbocycles. The molecule has 3 aromatic rings. The number of amides is 2. The highest BCUT2D eigenvalue weighted by Gasteiger charge is 2.54. The van der Waals surface area contributed by atoms with Gasteiger partial charge in [-0.2, -0.15) is 26.3 Å². The van der Waals surface area contributed by atoms with Crippen molar-refractivity contribution in [2.75, 3.05) is 36.5 Å². The van der Waals surface area contributed by atoms with E-state index in [2.05, 4.69) is 9.88 Å². The quantitative estimate of drug-likeness (QED) is 0.277. The minimum Gasteiger partial charge on any atom is -0.313 e. The lowest BCUT2D eigenvalue weighted by Gasteiger charge is -2.28.